The van der Waals surface area contributed by atoms with Crippen LogP contribution in [-0.4, -0.2) is 10.2 Å². The Hall–Kier alpha value is -1.56. The molecule has 1 heterocycles. The van der Waals surface area contributed by atoms with Crippen LogP contribution in [0.2, 0.25) is 0 Å². The third kappa shape index (κ3) is 2.52. The number of H-pyrrole nitrogens is 1. The lowest BCUT2D eigenvalue weighted by Crippen LogP contribution is -2.38. The molecule has 1 aromatic carbocycles. The second kappa shape index (κ2) is 5.44. The molecule has 0 atom stereocenters. The van der Waals surface area contributed by atoms with Gasteiger partial charge in [0, 0.05) is 11.3 Å². The zero-order chi connectivity index (χ0) is 14.1. The van der Waals surface area contributed by atoms with Gasteiger partial charge in [0.05, 0.1) is 0 Å². The van der Waals surface area contributed by atoms with Gasteiger partial charge in [-0.3, -0.25) is 4.79 Å². The quantitative estimate of drug-likeness (QED) is 0.684. The van der Waals surface area contributed by atoms with Crippen LogP contribution in [0.3, 0.4) is 0 Å². The fourth-order valence-electron chi connectivity index (χ4n) is 2.60. The zero-order valence-corrected chi connectivity index (χ0v) is 11.7. The largest absolute Gasteiger partial charge is 0.617 e. The van der Waals surface area contributed by atoms with E-state index >= 15 is 0 Å². The van der Waals surface area contributed by atoms with Gasteiger partial charge in [-0.25, -0.2) is 4.39 Å². The van der Waals surface area contributed by atoms with Crippen molar-refractivity contribution < 1.29 is 9.12 Å². The second-order valence-electron chi connectivity index (χ2n) is 5.09. The smallest absolute Gasteiger partial charge is 0.329 e. The number of hydrogen-bond acceptors (Lipinski definition) is 3. The van der Waals surface area contributed by atoms with Gasteiger partial charge in [0.1, 0.15) is 11.3 Å². The number of nitrogens with one attached hydrogen (secondary N) is 1. The van der Waals surface area contributed by atoms with Crippen molar-refractivity contribution in [1.29, 1.82) is 0 Å². The van der Waals surface area contributed by atoms with Crippen molar-refractivity contribution in [3.8, 4) is 0 Å². The molecule has 0 spiro atoms. The van der Waals surface area contributed by atoms with E-state index in [1.54, 1.807) is 0 Å². The third-order valence-corrected chi connectivity index (χ3v) is 5.02. The van der Waals surface area contributed by atoms with Gasteiger partial charge < -0.3 is 10.2 Å². The minimum Gasteiger partial charge on any atom is -0.617 e. The second-order valence-corrected chi connectivity index (χ2v) is 6.38. The minimum atomic E-state index is -0.484. The Bertz CT molecular complexity index is 695. The van der Waals surface area contributed by atoms with Crippen molar-refractivity contribution in [2.45, 2.75) is 42.4 Å². The lowest BCUT2D eigenvalue weighted by molar-refractivity contribution is -0.620. The van der Waals surface area contributed by atoms with Crippen LogP contribution in [0, 0.1) is 11.0 Å². The highest BCUT2D eigenvalue weighted by atomic mass is 32.2. The lowest BCUT2D eigenvalue weighted by Gasteiger charge is -2.19. The Kier molecular flexibility index (Phi) is 3.65. The average molecular weight is 294 g/mol. The number of rotatable bonds is 2. The minimum absolute atomic E-state index is 0.120. The molecule has 1 fully saturated rings. The summed E-state index contributed by atoms with van der Waals surface area (Å²) in [5.74, 6) is -0.484. The molecule has 1 aliphatic rings. The summed E-state index contributed by atoms with van der Waals surface area (Å²) in [6.07, 6.45) is 5.53. The Labute approximate surface area is 119 Å². The highest BCUT2D eigenvalue weighted by molar-refractivity contribution is 7.99. The van der Waals surface area contributed by atoms with Crippen molar-refractivity contribution in [3.63, 3.8) is 0 Å². The highest BCUT2D eigenvalue weighted by Gasteiger charge is 2.23. The molecule has 106 valence electrons. The summed E-state index contributed by atoms with van der Waals surface area (Å²) in [7, 11) is 0. The van der Waals surface area contributed by atoms with Crippen molar-refractivity contribution in [1.82, 2.24) is 4.98 Å². The van der Waals surface area contributed by atoms with E-state index in [4.69, 9.17) is 0 Å². The first-order valence-electron chi connectivity index (χ1n) is 6.77. The normalized spacial score (nSPS) is 16.6. The van der Waals surface area contributed by atoms with Gasteiger partial charge in [-0.1, -0.05) is 19.3 Å². The maximum atomic E-state index is 13.3. The van der Waals surface area contributed by atoms with Gasteiger partial charge in [-0.15, -0.1) is 0 Å². The molecular formula is C14H15FN2O2S. The predicted molar refractivity (Wildman–Crippen MR) is 76.2 cm³/mol. The Morgan fingerprint density at radius 3 is 2.80 bits per heavy atom. The van der Waals surface area contributed by atoms with Crippen LogP contribution >= 0.6 is 11.8 Å². The standard InChI is InChI=1S/C14H15FN2O2S/c15-9-6-7-11-12(8-9)17(19)14(13(18)16-11)20-10-4-2-1-3-5-10/h6-8,10H,1-5H2,(H,16,18). The molecule has 20 heavy (non-hydrogen) atoms. The molecule has 0 aliphatic heterocycles. The van der Waals surface area contributed by atoms with Gasteiger partial charge in [0.2, 0.25) is 5.52 Å². The SMILES string of the molecule is O=c1[nH]c2ccc(F)cc2[n+]([O-])c1SC1CCCCC1. The van der Waals surface area contributed by atoms with Crippen molar-refractivity contribution >= 4 is 22.8 Å². The fraction of sp³-hybridized carbons (Fsp3) is 0.429. The zero-order valence-electron chi connectivity index (χ0n) is 10.9. The van der Waals surface area contributed by atoms with Crippen LogP contribution < -0.4 is 10.3 Å². The van der Waals surface area contributed by atoms with Crippen molar-refractivity contribution in [2.24, 2.45) is 0 Å². The molecule has 0 radical (unpaired) electrons. The summed E-state index contributed by atoms with van der Waals surface area (Å²) in [5.41, 5.74) is 0.136. The number of nitrogens with zero attached hydrogens (tertiary/aromatic N) is 1. The first-order valence-corrected chi connectivity index (χ1v) is 7.65. The average Bonchev–Trinajstić information content (AvgIpc) is 2.46. The number of aromatic amines is 1. The summed E-state index contributed by atoms with van der Waals surface area (Å²) < 4.78 is 13.8. The summed E-state index contributed by atoms with van der Waals surface area (Å²) in [4.78, 5) is 14.7. The van der Waals surface area contributed by atoms with E-state index in [1.165, 1.54) is 30.3 Å². The van der Waals surface area contributed by atoms with Crippen LogP contribution in [-0.2, 0) is 0 Å². The Balaban J connectivity index is 2.03. The maximum absolute atomic E-state index is 13.3. The van der Waals surface area contributed by atoms with Crippen LogP contribution in [0.1, 0.15) is 32.1 Å². The molecule has 3 rings (SSSR count). The number of halogens is 1. The van der Waals surface area contributed by atoms with Gasteiger partial charge in [0.25, 0.3) is 0 Å². The molecule has 1 aliphatic carbocycles. The van der Waals surface area contributed by atoms with E-state index in [0.717, 1.165) is 31.7 Å². The van der Waals surface area contributed by atoms with Crippen LogP contribution in [0.5, 0.6) is 0 Å². The van der Waals surface area contributed by atoms with E-state index in [9.17, 15) is 14.4 Å². The fourth-order valence-corrected chi connectivity index (χ4v) is 3.84. The van der Waals surface area contributed by atoms with E-state index < -0.39 is 11.4 Å². The first-order chi connectivity index (χ1) is 9.65. The summed E-state index contributed by atoms with van der Waals surface area (Å²) >= 11 is 1.32. The van der Waals surface area contributed by atoms with Crippen LogP contribution in [0.15, 0.2) is 28.0 Å². The molecule has 0 bridgehead atoms. The molecule has 4 nitrogen and oxygen atoms in total. The molecule has 0 saturated heterocycles. The number of benzene rings is 1. The molecule has 1 saturated carbocycles. The Morgan fingerprint density at radius 2 is 2.05 bits per heavy atom. The first kappa shape index (κ1) is 13.4. The number of aromatic nitrogens is 2. The van der Waals surface area contributed by atoms with Gasteiger partial charge in [-0.2, -0.15) is 4.73 Å². The summed E-state index contributed by atoms with van der Waals surface area (Å²) in [6, 6.07) is 3.80. The maximum Gasteiger partial charge on any atom is 0.329 e. The van der Waals surface area contributed by atoms with Crippen LogP contribution in [0.4, 0.5) is 4.39 Å². The van der Waals surface area contributed by atoms with Gasteiger partial charge in [-0.05, 0) is 36.7 Å². The molecule has 0 unspecified atom stereocenters. The number of thioether (sulfide) groups is 1. The summed E-state index contributed by atoms with van der Waals surface area (Å²) in [5, 5.41) is 12.7. The van der Waals surface area contributed by atoms with Crippen LogP contribution in [0.25, 0.3) is 11.0 Å². The molecular weight excluding hydrogens is 279 g/mol. The predicted octanol–water partition coefficient (Wildman–Crippen LogP) is 2.73. The number of hydrogen-bond donors (Lipinski definition) is 1. The molecule has 1 aromatic heterocycles. The molecule has 0 amide bonds. The van der Waals surface area contributed by atoms with E-state index in [-0.39, 0.29) is 10.5 Å². The monoisotopic (exact) mass is 294 g/mol. The van der Waals surface area contributed by atoms with Crippen molar-refractivity contribution in [3.05, 3.63) is 39.6 Å². The van der Waals surface area contributed by atoms with Gasteiger partial charge in [0.15, 0.2) is 0 Å². The molecule has 6 heteroatoms. The molecule has 2 aromatic rings. The lowest BCUT2D eigenvalue weighted by atomic mass is 10.0. The van der Waals surface area contributed by atoms with Crippen molar-refractivity contribution in [2.75, 3.05) is 0 Å². The summed E-state index contributed by atoms with van der Waals surface area (Å²) in [6.45, 7) is 0. The van der Waals surface area contributed by atoms with Gasteiger partial charge >= 0.3 is 10.6 Å². The Morgan fingerprint density at radius 1 is 1.30 bits per heavy atom. The molecule has 1 N–H and O–H groups in total. The topological polar surface area (TPSA) is 59.8 Å². The van der Waals surface area contributed by atoms with E-state index in [2.05, 4.69) is 4.98 Å². The third-order valence-electron chi connectivity index (χ3n) is 3.64. The number of fused-ring (bicyclic) bond motifs is 1. The highest BCUT2D eigenvalue weighted by Crippen LogP contribution is 2.31. The van der Waals surface area contributed by atoms with E-state index in [1.807, 2.05) is 0 Å². The van der Waals surface area contributed by atoms with E-state index in [0.29, 0.717) is 15.5 Å².